The molecule has 0 bridgehead atoms. The van der Waals surface area contributed by atoms with E-state index >= 15 is 0 Å². The average molecular weight is 265 g/mol. The minimum atomic E-state index is -1.05. The molecule has 6 nitrogen and oxygen atoms in total. The van der Waals surface area contributed by atoms with Gasteiger partial charge >= 0.3 is 5.97 Å². The van der Waals surface area contributed by atoms with Gasteiger partial charge in [-0.15, -0.1) is 0 Å². The number of carboxylic acids is 1. The molecule has 0 spiro atoms. The lowest BCUT2D eigenvalue weighted by molar-refractivity contribution is -0.139. The first-order valence-corrected chi connectivity index (χ1v) is 5.98. The molecule has 6 heteroatoms. The van der Waals surface area contributed by atoms with E-state index in [9.17, 15) is 9.59 Å². The van der Waals surface area contributed by atoms with Crippen LogP contribution in [0.2, 0.25) is 0 Å². The standard InChI is InChI=1S/C13H15NO5/c15-12(16)9-19-11-3-1-2-10(8-11)13(17)14-4-6-18-7-5-14/h1-3,8H,4-7,9H2,(H,15,16). The molecule has 1 fully saturated rings. The number of morpholine rings is 1. The molecule has 1 heterocycles. The minimum Gasteiger partial charge on any atom is -0.482 e. The number of carbonyl (C=O) groups is 2. The van der Waals surface area contributed by atoms with Crippen LogP contribution in [0.3, 0.4) is 0 Å². The molecule has 102 valence electrons. The SMILES string of the molecule is O=C(O)COc1cccc(C(=O)N2CCOCC2)c1. The van der Waals surface area contributed by atoms with Gasteiger partial charge in [-0.2, -0.15) is 0 Å². The summed E-state index contributed by atoms with van der Waals surface area (Å²) in [5.41, 5.74) is 0.491. The molecule has 0 radical (unpaired) electrons. The summed E-state index contributed by atoms with van der Waals surface area (Å²) >= 11 is 0. The zero-order valence-electron chi connectivity index (χ0n) is 10.4. The van der Waals surface area contributed by atoms with Crippen molar-refractivity contribution in [3.05, 3.63) is 29.8 Å². The van der Waals surface area contributed by atoms with Gasteiger partial charge in [0.15, 0.2) is 6.61 Å². The summed E-state index contributed by atoms with van der Waals surface area (Å²) in [6.45, 7) is 1.80. The summed E-state index contributed by atoms with van der Waals surface area (Å²) in [4.78, 5) is 24.3. The highest BCUT2D eigenvalue weighted by atomic mass is 16.5. The maximum Gasteiger partial charge on any atom is 0.341 e. The van der Waals surface area contributed by atoms with Gasteiger partial charge < -0.3 is 19.5 Å². The Morgan fingerprint density at radius 1 is 1.32 bits per heavy atom. The fourth-order valence-electron chi connectivity index (χ4n) is 1.81. The normalized spacial score (nSPS) is 15.1. The lowest BCUT2D eigenvalue weighted by Crippen LogP contribution is -2.40. The van der Waals surface area contributed by atoms with Crippen LogP contribution in [-0.4, -0.2) is 54.8 Å². The molecule has 0 aliphatic carbocycles. The van der Waals surface area contributed by atoms with Crippen molar-refractivity contribution in [1.82, 2.24) is 4.90 Å². The van der Waals surface area contributed by atoms with E-state index in [1.807, 2.05) is 0 Å². The summed E-state index contributed by atoms with van der Waals surface area (Å²) in [6.07, 6.45) is 0. The molecule has 0 unspecified atom stereocenters. The summed E-state index contributed by atoms with van der Waals surface area (Å²) in [5, 5.41) is 8.54. The van der Waals surface area contributed by atoms with Crippen LogP contribution in [0.15, 0.2) is 24.3 Å². The van der Waals surface area contributed by atoms with Crippen LogP contribution < -0.4 is 4.74 Å². The van der Waals surface area contributed by atoms with Crippen LogP contribution >= 0.6 is 0 Å². The molecule has 1 aromatic rings. The smallest absolute Gasteiger partial charge is 0.341 e. The van der Waals surface area contributed by atoms with Crippen molar-refractivity contribution in [2.45, 2.75) is 0 Å². The van der Waals surface area contributed by atoms with Gasteiger partial charge in [-0.1, -0.05) is 6.07 Å². The quantitative estimate of drug-likeness (QED) is 0.863. The summed E-state index contributed by atoms with van der Waals surface area (Å²) < 4.78 is 10.2. The largest absolute Gasteiger partial charge is 0.482 e. The van der Waals surface area contributed by atoms with Crippen molar-refractivity contribution in [2.75, 3.05) is 32.9 Å². The number of aliphatic carboxylic acids is 1. The molecule has 0 saturated carbocycles. The van der Waals surface area contributed by atoms with Gasteiger partial charge in [0.1, 0.15) is 5.75 Å². The van der Waals surface area contributed by atoms with Crippen molar-refractivity contribution < 1.29 is 24.2 Å². The molecule has 1 aliphatic heterocycles. The minimum absolute atomic E-state index is 0.0934. The van der Waals surface area contributed by atoms with Crippen molar-refractivity contribution in [1.29, 1.82) is 0 Å². The zero-order chi connectivity index (χ0) is 13.7. The van der Waals surface area contributed by atoms with Crippen LogP contribution in [0, 0.1) is 0 Å². The van der Waals surface area contributed by atoms with E-state index in [0.29, 0.717) is 37.6 Å². The van der Waals surface area contributed by atoms with Crippen LogP contribution in [0.4, 0.5) is 0 Å². The second-order valence-corrected chi connectivity index (χ2v) is 4.11. The van der Waals surface area contributed by atoms with E-state index in [1.165, 1.54) is 0 Å². The highest BCUT2D eigenvalue weighted by Crippen LogP contribution is 2.15. The highest BCUT2D eigenvalue weighted by molar-refractivity contribution is 5.94. The molecular weight excluding hydrogens is 250 g/mol. The molecule has 0 aromatic heterocycles. The number of rotatable bonds is 4. The number of hydrogen-bond donors (Lipinski definition) is 1. The maximum absolute atomic E-state index is 12.2. The average Bonchev–Trinajstić information content (AvgIpc) is 2.45. The van der Waals surface area contributed by atoms with Crippen LogP contribution in [-0.2, 0) is 9.53 Å². The Hall–Kier alpha value is -2.08. The Balaban J connectivity index is 2.04. The second-order valence-electron chi connectivity index (χ2n) is 4.11. The number of benzene rings is 1. The molecule has 1 N–H and O–H groups in total. The van der Waals surface area contributed by atoms with Crippen molar-refractivity contribution in [2.24, 2.45) is 0 Å². The third kappa shape index (κ3) is 3.69. The van der Waals surface area contributed by atoms with E-state index in [2.05, 4.69) is 0 Å². The van der Waals surface area contributed by atoms with Gasteiger partial charge in [0.2, 0.25) is 0 Å². The van der Waals surface area contributed by atoms with Gasteiger partial charge in [-0.25, -0.2) is 4.79 Å². The highest BCUT2D eigenvalue weighted by Gasteiger charge is 2.18. The Labute approximate surface area is 110 Å². The number of carboxylic acid groups (broad SMARTS) is 1. The molecule has 0 atom stereocenters. The van der Waals surface area contributed by atoms with E-state index < -0.39 is 12.6 Å². The van der Waals surface area contributed by atoms with Crippen molar-refractivity contribution in [3.8, 4) is 5.75 Å². The summed E-state index contributed by atoms with van der Waals surface area (Å²) in [6, 6.07) is 6.54. The topological polar surface area (TPSA) is 76.1 Å². The fraction of sp³-hybridized carbons (Fsp3) is 0.385. The van der Waals surface area contributed by atoms with Gasteiger partial charge in [-0.05, 0) is 18.2 Å². The lowest BCUT2D eigenvalue weighted by atomic mass is 10.2. The Bertz CT molecular complexity index is 468. The third-order valence-electron chi connectivity index (χ3n) is 2.74. The Morgan fingerprint density at radius 2 is 2.05 bits per heavy atom. The zero-order valence-corrected chi connectivity index (χ0v) is 10.4. The predicted molar refractivity (Wildman–Crippen MR) is 66.3 cm³/mol. The molecule has 1 saturated heterocycles. The predicted octanol–water partition coefficient (Wildman–Crippen LogP) is 0.622. The summed E-state index contributed by atoms with van der Waals surface area (Å²) in [7, 11) is 0. The Kier molecular flexibility index (Phi) is 4.35. The number of ether oxygens (including phenoxy) is 2. The van der Waals surface area contributed by atoms with Crippen molar-refractivity contribution in [3.63, 3.8) is 0 Å². The Morgan fingerprint density at radius 3 is 2.74 bits per heavy atom. The van der Waals surface area contributed by atoms with Gasteiger partial charge in [0.05, 0.1) is 13.2 Å². The van der Waals surface area contributed by atoms with E-state index in [4.69, 9.17) is 14.6 Å². The van der Waals surface area contributed by atoms with Gasteiger partial charge in [0.25, 0.3) is 5.91 Å². The second kappa shape index (κ2) is 6.19. The number of carbonyl (C=O) groups excluding carboxylic acids is 1. The fourth-order valence-corrected chi connectivity index (χ4v) is 1.81. The molecule has 1 aromatic carbocycles. The van der Waals surface area contributed by atoms with Crippen LogP contribution in [0.1, 0.15) is 10.4 Å². The summed E-state index contributed by atoms with van der Waals surface area (Å²) in [5.74, 6) is -0.768. The maximum atomic E-state index is 12.2. The molecule has 19 heavy (non-hydrogen) atoms. The number of nitrogens with zero attached hydrogens (tertiary/aromatic N) is 1. The van der Waals surface area contributed by atoms with Crippen molar-refractivity contribution >= 4 is 11.9 Å². The van der Waals surface area contributed by atoms with Gasteiger partial charge in [0, 0.05) is 18.7 Å². The van der Waals surface area contributed by atoms with E-state index in [1.54, 1.807) is 29.2 Å². The molecule has 1 amide bonds. The van der Waals surface area contributed by atoms with E-state index in [0.717, 1.165) is 0 Å². The lowest BCUT2D eigenvalue weighted by Gasteiger charge is -2.26. The molecular formula is C13H15NO5. The van der Waals surface area contributed by atoms with E-state index in [-0.39, 0.29) is 5.91 Å². The van der Waals surface area contributed by atoms with Gasteiger partial charge in [-0.3, -0.25) is 4.79 Å². The number of amides is 1. The monoisotopic (exact) mass is 265 g/mol. The van der Waals surface area contributed by atoms with Crippen LogP contribution in [0.5, 0.6) is 5.75 Å². The first-order valence-electron chi connectivity index (χ1n) is 5.98. The molecule has 2 rings (SSSR count). The van der Waals surface area contributed by atoms with Crippen LogP contribution in [0.25, 0.3) is 0 Å². The number of hydrogen-bond acceptors (Lipinski definition) is 4. The third-order valence-corrected chi connectivity index (χ3v) is 2.74. The first kappa shape index (κ1) is 13.4. The first-order chi connectivity index (χ1) is 9.16. The molecule has 1 aliphatic rings.